The molecule has 0 bridgehead atoms. The highest BCUT2D eigenvalue weighted by Gasteiger charge is 2.34. The van der Waals surface area contributed by atoms with E-state index in [1.807, 2.05) is 32.1 Å². The van der Waals surface area contributed by atoms with Crippen LogP contribution in [-0.2, 0) is 4.79 Å². The number of benzene rings is 1. The van der Waals surface area contributed by atoms with Gasteiger partial charge in [0.1, 0.15) is 0 Å². The van der Waals surface area contributed by atoms with Crippen LogP contribution in [0.3, 0.4) is 0 Å². The van der Waals surface area contributed by atoms with Crippen molar-refractivity contribution in [1.29, 1.82) is 0 Å². The van der Waals surface area contributed by atoms with Gasteiger partial charge in [0.15, 0.2) is 0 Å². The molecule has 1 saturated heterocycles. The minimum Gasteiger partial charge on any atom is -0.324 e. The third-order valence-electron chi connectivity index (χ3n) is 5.20. The molecule has 4 nitrogen and oxygen atoms in total. The van der Waals surface area contributed by atoms with Gasteiger partial charge in [0, 0.05) is 12.7 Å². The molecule has 0 spiro atoms. The van der Waals surface area contributed by atoms with Crippen molar-refractivity contribution < 1.29 is 4.79 Å². The average molecular weight is 388 g/mol. The summed E-state index contributed by atoms with van der Waals surface area (Å²) in [4.78, 5) is 19.4. The molecular formula is C25H29N3O. The molecule has 2 aromatic rings. The molecule has 29 heavy (non-hydrogen) atoms. The summed E-state index contributed by atoms with van der Waals surface area (Å²) < 4.78 is 0. The fourth-order valence-electron chi connectivity index (χ4n) is 3.92. The van der Waals surface area contributed by atoms with Crippen LogP contribution in [-0.4, -0.2) is 28.9 Å². The Kier molecular flexibility index (Phi) is 7.14. The molecule has 4 heteroatoms. The number of hydrogen-bond acceptors (Lipinski definition) is 3. The van der Waals surface area contributed by atoms with Crippen LogP contribution < -0.4 is 5.32 Å². The van der Waals surface area contributed by atoms with Crippen molar-refractivity contribution in [1.82, 2.24) is 9.88 Å². The van der Waals surface area contributed by atoms with E-state index in [-0.39, 0.29) is 17.9 Å². The topological polar surface area (TPSA) is 45.2 Å². The van der Waals surface area contributed by atoms with Crippen molar-refractivity contribution in [3.63, 3.8) is 0 Å². The summed E-state index contributed by atoms with van der Waals surface area (Å²) >= 11 is 0. The van der Waals surface area contributed by atoms with Crippen molar-refractivity contribution >= 4 is 11.6 Å². The number of carbonyl (C=O) groups excluding carboxylic acids is 1. The largest absolute Gasteiger partial charge is 0.324 e. The zero-order chi connectivity index (χ0) is 20.6. The van der Waals surface area contributed by atoms with E-state index in [2.05, 4.69) is 64.3 Å². The number of aryl methyl sites for hydroxylation is 1. The Balaban J connectivity index is 1.79. The van der Waals surface area contributed by atoms with Gasteiger partial charge in [-0.15, -0.1) is 0 Å². The monoisotopic (exact) mass is 387 g/mol. The molecule has 1 aromatic carbocycles. The van der Waals surface area contributed by atoms with E-state index in [1.54, 1.807) is 12.4 Å². The summed E-state index contributed by atoms with van der Waals surface area (Å²) in [6.45, 7) is 9.47. The van der Waals surface area contributed by atoms with Crippen LogP contribution in [0.2, 0.25) is 0 Å². The van der Waals surface area contributed by atoms with Gasteiger partial charge in [0.25, 0.3) is 0 Å². The number of aromatic nitrogens is 1. The first-order chi connectivity index (χ1) is 14.1. The quantitative estimate of drug-likeness (QED) is 0.674. The Hall–Kier alpha value is -2.98. The van der Waals surface area contributed by atoms with Crippen molar-refractivity contribution in [3.05, 3.63) is 96.4 Å². The lowest BCUT2D eigenvalue weighted by Crippen LogP contribution is -2.30. The standard InChI is InChI=1S/C25H29N3O/c1-4-9-20(10-5-2)24(21-11-7-6-8-12-21)28-14-13-22(18-28)25(29)27-23-15-19(3)16-26-17-23/h4-12,15-17,22,24H,1,13-14,18H2,2-3H3,(H,27,29)/b10-5-,20-9+. The number of rotatable bonds is 7. The number of anilines is 1. The van der Waals surface area contributed by atoms with Gasteiger partial charge >= 0.3 is 0 Å². The fraction of sp³-hybridized carbons (Fsp3) is 0.280. The third-order valence-corrected chi connectivity index (χ3v) is 5.20. The summed E-state index contributed by atoms with van der Waals surface area (Å²) in [7, 11) is 0. The summed E-state index contributed by atoms with van der Waals surface area (Å²) in [6, 6.07) is 12.5. The Morgan fingerprint density at radius 2 is 2.10 bits per heavy atom. The number of hydrogen-bond donors (Lipinski definition) is 1. The second kappa shape index (κ2) is 9.99. The zero-order valence-corrected chi connectivity index (χ0v) is 17.2. The predicted octanol–water partition coefficient (Wildman–Crippen LogP) is 5.08. The molecule has 150 valence electrons. The molecule has 1 N–H and O–H groups in total. The number of allylic oxidation sites excluding steroid dienone is 3. The number of carbonyl (C=O) groups is 1. The van der Waals surface area contributed by atoms with Crippen LogP contribution in [0.1, 0.15) is 30.5 Å². The number of nitrogens with one attached hydrogen (secondary N) is 1. The zero-order valence-electron chi connectivity index (χ0n) is 17.2. The highest BCUT2D eigenvalue weighted by Crippen LogP contribution is 2.34. The van der Waals surface area contributed by atoms with E-state index in [0.29, 0.717) is 0 Å². The van der Waals surface area contributed by atoms with Gasteiger partial charge < -0.3 is 5.32 Å². The molecule has 1 fully saturated rings. The van der Waals surface area contributed by atoms with Crippen molar-refractivity contribution in [2.75, 3.05) is 18.4 Å². The van der Waals surface area contributed by atoms with Gasteiger partial charge in [-0.05, 0) is 49.6 Å². The van der Waals surface area contributed by atoms with E-state index in [0.717, 1.165) is 30.8 Å². The third kappa shape index (κ3) is 5.30. The number of amides is 1. The average Bonchev–Trinajstić information content (AvgIpc) is 3.19. The molecule has 1 aromatic heterocycles. The first-order valence-corrected chi connectivity index (χ1v) is 10.1. The van der Waals surface area contributed by atoms with Crippen LogP contribution >= 0.6 is 0 Å². The first-order valence-electron chi connectivity index (χ1n) is 10.1. The Labute approximate surface area is 173 Å². The molecular weight excluding hydrogens is 358 g/mol. The Bertz CT molecular complexity index is 901. The molecule has 1 aliphatic heterocycles. The predicted molar refractivity (Wildman–Crippen MR) is 120 cm³/mol. The van der Waals surface area contributed by atoms with Crippen LogP contribution in [0.25, 0.3) is 0 Å². The first kappa shape index (κ1) is 20.7. The molecule has 1 amide bonds. The van der Waals surface area contributed by atoms with Crippen molar-refractivity contribution in [2.45, 2.75) is 26.3 Å². The van der Waals surface area contributed by atoms with Gasteiger partial charge in [0.2, 0.25) is 5.91 Å². The molecule has 2 atom stereocenters. The smallest absolute Gasteiger partial charge is 0.228 e. The summed E-state index contributed by atoms with van der Waals surface area (Å²) in [5, 5.41) is 3.03. The molecule has 1 aliphatic rings. The van der Waals surface area contributed by atoms with Crippen molar-refractivity contribution in [2.24, 2.45) is 5.92 Å². The SMILES string of the molecule is C=C/C=C(\C=C/C)C(c1ccccc1)N1CCC(C(=O)Nc2cncc(C)c2)C1. The lowest BCUT2D eigenvalue weighted by Gasteiger charge is -2.29. The van der Waals surface area contributed by atoms with Crippen molar-refractivity contribution in [3.8, 4) is 0 Å². The van der Waals surface area contributed by atoms with E-state index in [9.17, 15) is 4.79 Å². The minimum atomic E-state index is -0.0442. The molecule has 0 saturated carbocycles. The number of likely N-dealkylation sites (tertiary alicyclic amines) is 1. The van der Waals surface area contributed by atoms with Crippen LogP contribution in [0.4, 0.5) is 5.69 Å². The van der Waals surface area contributed by atoms with E-state index >= 15 is 0 Å². The minimum absolute atomic E-state index is 0.0442. The number of pyridine rings is 1. The Morgan fingerprint density at radius 1 is 1.31 bits per heavy atom. The van der Waals surface area contributed by atoms with Gasteiger partial charge in [0.05, 0.1) is 23.8 Å². The summed E-state index contributed by atoms with van der Waals surface area (Å²) in [5.41, 5.74) is 4.19. The molecule has 0 aliphatic carbocycles. The van der Waals surface area contributed by atoms with Crippen LogP contribution in [0.15, 0.2) is 85.2 Å². The molecule has 3 rings (SSSR count). The van der Waals surface area contributed by atoms with Gasteiger partial charge in [-0.2, -0.15) is 0 Å². The van der Waals surface area contributed by atoms with Gasteiger partial charge in [-0.1, -0.05) is 61.2 Å². The second-order valence-corrected chi connectivity index (χ2v) is 7.44. The van der Waals surface area contributed by atoms with Gasteiger partial charge in [-0.25, -0.2) is 0 Å². The Morgan fingerprint density at radius 3 is 2.79 bits per heavy atom. The van der Waals surface area contributed by atoms with Gasteiger partial charge in [-0.3, -0.25) is 14.7 Å². The van der Waals surface area contributed by atoms with E-state index < -0.39 is 0 Å². The normalized spacial score (nSPS) is 18.7. The molecule has 2 unspecified atom stereocenters. The lowest BCUT2D eigenvalue weighted by molar-refractivity contribution is -0.119. The maximum absolute atomic E-state index is 12.8. The van der Waals surface area contributed by atoms with E-state index in [4.69, 9.17) is 0 Å². The highest BCUT2D eigenvalue weighted by molar-refractivity contribution is 5.92. The molecule has 2 heterocycles. The number of nitrogens with zero attached hydrogens (tertiary/aromatic N) is 2. The summed E-state index contributed by atoms with van der Waals surface area (Å²) in [6.07, 6.45) is 12.4. The van der Waals surface area contributed by atoms with E-state index in [1.165, 1.54) is 11.1 Å². The fourth-order valence-corrected chi connectivity index (χ4v) is 3.92. The highest BCUT2D eigenvalue weighted by atomic mass is 16.1. The van der Waals surface area contributed by atoms with Crippen LogP contribution in [0, 0.1) is 12.8 Å². The lowest BCUT2D eigenvalue weighted by atomic mass is 9.96. The van der Waals surface area contributed by atoms with Crippen LogP contribution in [0.5, 0.6) is 0 Å². The molecule has 0 radical (unpaired) electrons. The summed E-state index contributed by atoms with van der Waals surface area (Å²) in [5.74, 6) is 0.0179. The second-order valence-electron chi connectivity index (χ2n) is 7.44. The maximum atomic E-state index is 12.8. The maximum Gasteiger partial charge on any atom is 0.228 e.